The van der Waals surface area contributed by atoms with Crippen molar-refractivity contribution in [2.75, 3.05) is 14.2 Å². The smallest absolute Gasteiger partial charge is 0.0776 e. The summed E-state index contributed by atoms with van der Waals surface area (Å²) < 4.78 is 7.72. The van der Waals surface area contributed by atoms with Crippen LogP contribution in [-0.4, -0.2) is 36.1 Å². The van der Waals surface area contributed by atoms with Crippen molar-refractivity contribution in [1.29, 1.82) is 0 Å². The first-order valence-corrected chi connectivity index (χ1v) is 7.49. The van der Waals surface area contributed by atoms with Crippen LogP contribution in [0.5, 0.6) is 0 Å². The molecule has 4 heteroatoms. The molecule has 0 bridgehead atoms. The van der Waals surface area contributed by atoms with Gasteiger partial charge in [-0.2, -0.15) is 5.10 Å². The van der Waals surface area contributed by atoms with Crippen LogP contribution in [-0.2, 0) is 18.2 Å². The van der Waals surface area contributed by atoms with Crippen molar-refractivity contribution < 1.29 is 4.74 Å². The van der Waals surface area contributed by atoms with Gasteiger partial charge in [-0.1, -0.05) is 39.0 Å². The average molecular weight is 289 g/mol. The molecular formula is C17H27N3O. The van der Waals surface area contributed by atoms with Gasteiger partial charge in [0.25, 0.3) is 0 Å². The van der Waals surface area contributed by atoms with Gasteiger partial charge in [-0.05, 0) is 18.5 Å². The molecule has 4 nitrogen and oxygen atoms in total. The van der Waals surface area contributed by atoms with Crippen LogP contribution in [0.3, 0.4) is 0 Å². The maximum atomic E-state index is 5.76. The summed E-state index contributed by atoms with van der Waals surface area (Å²) in [7, 11) is 5.78. The quantitative estimate of drug-likeness (QED) is 0.920. The zero-order valence-corrected chi connectivity index (χ0v) is 14.0. The number of benzene rings is 1. The Kier molecular flexibility index (Phi) is 4.69. The summed E-state index contributed by atoms with van der Waals surface area (Å²) in [5, 5.41) is 9.33. The fraction of sp³-hybridized carbons (Fsp3) is 0.588. The molecule has 2 atom stereocenters. The number of nitrogens with zero attached hydrogens (tertiary/aromatic N) is 2. The van der Waals surface area contributed by atoms with E-state index in [4.69, 9.17) is 9.84 Å². The highest BCUT2D eigenvalue weighted by atomic mass is 16.5. The lowest BCUT2D eigenvalue weighted by atomic mass is 9.83. The number of nitrogens with one attached hydrogen (secondary N) is 1. The maximum Gasteiger partial charge on any atom is 0.0776 e. The molecule has 0 aliphatic carbocycles. The number of ether oxygens (including phenoxy) is 1. The Bertz CT molecular complexity index is 598. The second-order valence-electron chi connectivity index (χ2n) is 6.71. The Morgan fingerprint density at radius 2 is 1.95 bits per heavy atom. The Morgan fingerprint density at radius 3 is 2.52 bits per heavy atom. The molecule has 116 valence electrons. The van der Waals surface area contributed by atoms with Crippen LogP contribution in [0.2, 0.25) is 0 Å². The standard InChI is InChI=1S/C17H27N3O/c1-17(2,3)16(21-6)14(18-4)11-13-12-9-7-8-10-15(12)20(5)19-13/h7-10,14,16,18H,11H2,1-6H3. The molecule has 0 radical (unpaired) electrons. The number of likely N-dealkylation sites (N-methyl/N-ethyl adjacent to an activating group) is 1. The van der Waals surface area contributed by atoms with Crippen LogP contribution in [0.25, 0.3) is 10.9 Å². The number of methoxy groups -OCH3 is 1. The van der Waals surface area contributed by atoms with Crippen molar-refractivity contribution in [3.8, 4) is 0 Å². The molecule has 0 saturated carbocycles. The lowest BCUT2D eigenvalue weighted by molar-refractivity contribution is -0.00937. The molecular weight excluding hydrogens is 262 g/mol. The minimum Gasteiger partial charge on any atom is -0.379 e. The van der Waals surface area contributed by atoms with Crippen LogP contribution in [0.1, 0.15) is 26.5 Å². The number of fused-ring (bicyclic) bond motifs is 1. The zero-order chi connectivity index (χ0) is 15.6. The summed E-state index contributed by atoms with van der Waals surface area (Å²) in [5.74, 6) is 0. The molecule has 0 saturated heterocycles. The Balaban J connectivity index is 2.33. The molecule has 1 aromatic carbocycles. The first kappa shape index (κ1) is 16.0. The van der Waals surface area contributed by atoms with Gasteiger partial charge in [0, 0.05) is 32.0 Å². The highest BCUT2D eigenvalue weighted by Crippen LogP contribution is 2.27. The Labute approximate surface area is 127 Å². The third-order valence-electron chi connectivity index (χ3n) is 4.09. The topological polar surface area (TPSA) is 39.1 Å². The highest BCUT2D eigenvalue weighted by molar-refractivity contribution is 5.81. The third kappa shape index (κ3) is 3.27. The van der Waals surface area contributed by atoms with Gasteiger partial charge in [0.1, 0.15) is 0 Å². The van der Waals surface area contributed by atoms with E-state index in [1.807, 2.05) is 18.8 Å². The van der Waals surface area contributed by atoms with E-state index in [-0.39, 0.29) is 17.6 Å². The summed E-state index contributed by atoms with van der Waals surface area (Å²) in [4.78, 5) is 0. The van der Waals surface area contributed by atoms with Crippen LogP contribution < -0.4 is 5.32 Å². The number of para-hydroxylation sites is 1. The van der Waals surface area contributed by atoms with E-state index in [2.05, 4.69) is 50.4 Å². The molecule has 2 rings (SSSR count). The van der Waals surface area contributed by atoms with Crippen molar-refractivity contribution in [3.05, 3.63) is 30.0 Å². The number of aryl methyl sites for hydroxylation is 1. The minimum absolute atomic E-state index is 0.0764. The zero-order valence-electron chi connectivity index (χ0n) is 14.0. The summed E-state index contributed by atoms with van der Waals surface area (Å²) >= 11 is 0. The molecule has 2 aromatic rings. The SMILES string of the molecule is CNC(Cc1nn(C)c2ccccc12)C(OC)C(C)(C)C. The van der Waals surface area contributed by atoms with Gasteiger partial charge >= 0.3 is 0 Å². The fourth-order valence-corrected chi connectivity index (χ4v) is 3.13. The predicted molar refractivity (Wildman–Crippen MR) is 87.5 cm³/mol. The summed E-state index contributed by atoms with van der Waals surface area (Å²) in [6.45, 7) is 6.63. The Hall–Kier alpha value is -1.39. The van der Waals surface area contributed by atoms with Gasteiger partial charge in [-0.15, -0.1) is 0 Å². The normalized spacial score (nSPS) is 15.3. The van der Waals surface area contributed by atoms with Gasteiger partial charge < -0.3 is 10.1 Å². The molecule has 0 aliphatic rings. The van der Waals surface area contributed by atoms with E-state index < -0.39 is 0 Å². The molecule has 0 aliphatic heterocycles. The van der Waals surface area contributed by atoms with E-state index in [9.17, 15) is 0 Å². The van der Waals surface area contributed by atoms with Gasteiger partial charge in [0.05, 0.1) is 17.3 Å². The second-order valence-corrected chi connectivity index (χ2v) is 6.71. The first-order valence-electron chi connectivity index (χ1n) is 7.49. The van der Waals surface area contributed by atoms with Gasteiger partial charge in [-0.3, -0.25) is 4.68 Å². The molecule has 0 spiro atoms. The fourth-order valence-electron chi connectivity index (χ4n) is 3.13. The molecule has 0 fully saturated rings. The number of hydrogen-bond acceptors (Lipinski definition) is 3. The number of aromatic nitrogens is 2. The van der Waals surface area contributed by atoms with Crippen LogP contribution in [0, 0.1) is 5.41 Å². The molecule has 21 heavy (non-hydrogen) atoms. The van der Waals surface area contributed by atoms with Crippen LogP contribution in [0.4, 0.5) is 0 Å². The Morgan fingerprint density at radius 1 is 1.29 bits per heavy atom. The van der Waals surface area contributed by atoms with Gasteiger partial charge in [0.15, 0.2) is 0 Å². The molecule has 0 amide bonds. The lowest BCUT2D eigenvalue weighted by Crippen LogP contribution is -2.47. The predicted octanol–water partition coefficient (Wildman–Crippen LogP) is 2.76. The van der Waals surface area contributed by atoms with E-state index >= 15 is 0 Å². The van der Waals surface area contributed by atoms with Crippen molar-refractivity contribution in [2.45, 2.75) is 39.3 Å². The van der Waals surface area contributed by atoms with Crippen molar-refractivity contribution in [1.82, 2.24) is 15.1 Å². The van der Waals surface area contributed by atoms with Crippen molar-refractivity contribution in [2.24, 2.45) is 12.5 Å². The first-order chi connectivity index (χ1) is 9.88. The lowest BCUT2D eigenvalue weighted by Gasteiger charge is -2.35. The monoisotopic (exact) mass is 289 g/mol. The van der Waals surface area contributed by atoms with Gasteiger partial charge in [0.2, 0.25) is 0 Å². The van der Waals surface area contributed by atoms with E-state index in [1.165, 1.54) is 10.9 Å². The van der Waals surface area contributed by atoms with Crippen molar-refractivity contribution >= 4 is 10.9 Å². The molecule has 1 aromatic heterocycles. The molecule has 1 N–H and O–H groups in total. The molecule has 2 unspecified atom stereocenters. The largest absolute Gasteiger partial charge is 0.379 e. The second kappa shape index (κ2) is 6.16. The number of hydrogen-bond donors (Lipinski definition) is 1. The maximum absolute atomic E-state index is 5.76. The van der Waals surface area contributed by atoms with Gasteiger partial charge in [-0.25, -0.2) is 0 Å². The highest BCUT2D eigenvalue weighted by Gasteiger charge is 2.32. The number of rotatable bonds is 5. The van der Waals surface area contributed by atoms with E-state index in [0.717, 1.165) is 12.1 Å². The van der Waals surface area contributed by atoms with Crippen LogP contribution in [0.15, 0.2) is 24.3 Å². The van der Waals surface area contributed by atoms with Crippen LogP contribution >= 0.6 is 0 Å². The third-order valence-corrected chi connectivity index (χ3v) is 4.09. The van der Waals surface area contributed by atoms with E-state index in [0.29, 0.717) is 0 Å². The van der Waals surface area contributed by atoms with Crippen molar-refractivity contribution in [3.63, 3.8) is 0 Å². The summed E-state index contributed by atoms with van der Waals surface area (Å²) in [5.41, 5.74) is 2.37. The summed E-state index contributed by atoms with van der Waals surface area (Å²) in [6.07, 6.45) is 0.983. The minimum atomic E-state index is 0.0764. The molecule has 1 heterocycles. The van der Waals surface area contributed by atoms with E-state index in [1.54, 1.807) is 7.11 Å². The average Bonchev–Trinajstić information content (AvgIpc) is 2.74. The summed E-state index contributed by atoms with van der Waals surface area (Å²) in [6, 6.07) is 8.60.